The van der Waals surface area contributed by atoms with E-state index in [2.05, 4.69) is 38.4 Å². The molecule has 172 valence electrons. The zero-order valence-electron chi connectivity index (χ0n) is 18.8. The van der Waals surface area contributed by atoms with Crippen molar-refractivity contribution < 1.29 is 9.47 Å². The van der Waals surface area contributed by atoms with Gasteiger partial charge in [0.1, 0.15) is 11.6 Å². The summed E-state index contributed by atoms with van der Waals surface area (Å²) in [6.07, 6.45) is 6.40. The molecule has 2 aromatic rings. The lowest BCUT2D eigenvalue weighted by atomic mass is 10.1. The normalized spacial score (nSPS) is 13.6. The predicted octanol–water partition coefficient (Wildman–Crippen LogP) is 2.98. The zero-order valence-corrected chi connectivity index (χ0v) is 21.1. The summed E-state index contributed by atoms with van der Waals surface area (Å²) in [5.74, 6) is 4.51. The lowest BCUT2D eigenvalue weighted by Crippen LogP contribution is -2.38. The fourth-order valence-corrected chi connectivity index (χ4v) is 3.70. The van der Waals surface area contributed by atoms with Crippen LogP contribution in [0.25, 0.3) is 0 Å². The highest BCUT2D eigenvalue weighted by Crippen LogP contribution is 2.27. The fourth-order valence-electron chi connectivity index (χ4n) is 3.70. The summed E-state index contributed by atoms with van der Waals surface area (Å²) >= 11 is 0. The van der Waals surface area contributed by atoms with Gasteiger partial charge in [0.05, 0.1) is 14.2 Å². The van der Waals surface area contributed by atoms with Crippen molar-refractivity contribution in [3.63, 3.8) is 0 Å². The fraction of sp³-hybridized carbons (Fsp3) is 0.591. The van der Waals surface area contributed by atoms with Gasteiger partial charge in [0, 0.05) is 39.0 Å². The van der Waals surface area contributed by atoms with Gasteiger partial charge >= 0.3 is 0 Å². The highest BCUT2D eigenvalue weighted by molar-refractivity contribution is 14.0. The van der Waals surface area contributed by atoms with Gasteiger partial charge in [0.2, 0.25) is 0 Å². The number of rotatable bonds is 9. The molecule has 0 bridgehead atoms. The molecule has 0 unspecified atom stereocenters. The summed E-state index contributed by atoms with van der Waals surface area (Å²) in [7, 11) is 3.30. The van der Waals surface area contributed by atoms with E-state index in [0.717, 1.165) is 68.0 Å². The Bertz CT molecular complexity index is 839. The topological polar surface area (TPSA) is 85.6 Å². The largest absolute Gasteiger partial charge is 0.493 e. The van der Waals surface area contributed by atoms with Gasteiger partial charge in [-0.1, -0.05) is 12.5 Å². The number of nitrogens with one attached hydrogen (secondary N) is 2. The average Bonchev–Trinajstić information content (AvgIpc) is 2.99. The van der Waals surface area contributed by atoms with Gasteiger partial charge in [-0.15, -0.1) is 34.2 Å². The Labute approximate surface area is 202 Å². The van der Waals surface area contributed by atoms with Crippen molar-refractivity contribution in [2.45, 2.75) is 52.0 Å². The van der Waals surface area contributed by atoms with Crippen LogP contribution >= 0.6 is 24.0 Å². The smallest absolute Gasteiger partial charge is 0.191 e. The number of aromatic nitrogens is 3. The lowest BCUT2D eigenvalue weighted by Gasteiger charge is -2.13. The molecule has 0 amide bonds. The van der Waals surface area contributed by atoms with Crippen LogP contribution < -0.4 is 20.1 Å². The van der Waals surface area contributed by atoms with Crippen molar-refractivity contribution in [3.05, 3.63) is 35.4 Å². The maximum atomic E-state index is 5.38. The van der Waals surface area contributed by atoms with Gasteiger partial charge in [0.25, 0.3) is 0 Å². The first kappa shape index (κ1) is 25.2. The molecule has 0 saturated carbocycles. The van der Waals surface area contributed by atoms with Gasteiger partial charge in [-0.2, -0.15) is 0 Å². The Morgan fingerprint density at radius 2 is 1.90 bits per heavy atom. The number of fused-ring (bicyclic) bond motifs is 1. The summed E-state index contributed by atoms with van der Waals surface area (Å²) in [5.41, 5.74) is 1.18. The maximum Gasteiger partial charge on any atom is 0.191 e. The van der Waals surface area contributed by atoms with Crippen LogP contribution in [0.3, 0.4) is 0 Å². The highest BCUT2D eigenvalue weighted by atomic mass is 127. The second-order valence-electron chi connectivity index (χ2n) is 7.37. The van der Waals surface area contributed by atoms with Crippen molar-refractivity contribution in [2.24, 2.45) is 4.99 Å². The molecular formula is C22H35IN6O2. The summed E-state index contributed by atoms with van der Waals surface area (Å²) in [6, 6.07) is 6.01. The molecule has 9 heteroatoms. The van der Waals surface area contributed by atoms with Crippen LogP contribution in [0.1, 0.15) is 43.4 Å². The first-order chi connectivity index (χ1) is 14.7. The van der Waals surface area contributed by atoms with Gasteiger partial charge < -0.3 is 24.7 Å². The second kappa shape index (κ2) is 13.4. The van der Waals surface area contributed by atoms with E-state index in [-0.39, 0.29) is 24.0 Å². The molecule has 8 nitrogen and oxygen atoms in total. The summed E-state index contributed by atoms with van der Waals surface area (Å²) in [5, 5.41) is 15.5. The minimum absolute atomic E-state index is 0. The Morgan fingerprint density at radius 3 is 2.68 bits per heavy atom. The standard InChI is InChI=1S/C22H34N6O2.HI/c1-4-23-22(24-13-11-17-9-10-18(29-2)19(16-17)30-3)25-14-12-21-27-26-20-8-6-5-7-15-28(20)21;/h9-10,16H,4-8,11-15H2,1-3H3,(H2,23,24,25);1H. The van der Waals surface area contributed by atoms with Gasteiger partial charge in [-0.05, 0) is 43.9 Å². The van der Waals surface area contributed by atoms with E-state index in [4.69, 9.17) is 14.5 Å². The molecule has 3 rings (SSSR count). The monoisotopic (exact) mass is 542 g/mol. The van der Waals surface area contributed by atoms with Gasteiger partial charge in [-0.3, -0.25) is 4.99 Å². The van der Waals surface area contributed by atoms with Crippen molar-refractivity contribution >= 4 is 29.9 Å². The van der Waals surface area contributed by atoms with Crippen LogP contribution in [-0.4, -0.2) is 54.6 Å². The molecule has 0 spiro atoms. The molecule has 1 aromatic heterocycles. The number of benzene rings is 1. The zero-order chi connectivity index (χ0) is 21.2. The molecule has 0 saturated heterocycles. The number of hydrogen-bond acceptors (Lipinski definition) is 5. The van der Waals surface area contributed by atoms with Crippen molar-refractivity contribution in [3.8, 4) is 11.5 Å². The van der Waals surface area contributed by atoms with E-state index < -0.39 is 0 Å². The first-order valence-corrected chi connectivity index (χ1v) is 10.9. The third-order valence-electron chi connectivity index (χ3n) is 5.29. The quantitative estimate of drug-likeness (QED) is 0.288. The number of guanidine groups is 1. The van der Waals surface area contributed by atoms with E-state index in [9.17, 15) is 0 Å². The Hall–Kier alpha value is -2.04. The number of ether oxygens (including phenoxy) is 2. The number of hydrogen-bond donors (Lipinski definition) is 2. The first-order valence-electron chi connectivity index (χ1n) is 10.9. The van der Waals surface area contributed by atoms with Crippen LogP contribution in [0.15, 0.2) is 23.2 Å². The number of aryl methyl sites for hydroxylation is 1. The van der Waals surface area contributed by atoms with Crippen molar-refractivity contribution in [1.82, 2.24) is 25.4 Å². The SMILES string of the molecule is CCNC(=NCCc1nnc2n1CCCCC2)NCCc1ccc(OC)c(OC)c1.I. The minimum atomic E-state index is 0. The minimum Gasteiger partial charge on any atom is -0.493 e. The van der Waals surface area contributed by atoms with E-state index in [1.165, 1.54) is 24.8 Å². The van der Waals surface area contributed by atoms with Crippen LogP contribution in [0.2, 0.25) is 0 Å². The summed E-state index contributed by atoms with van der Waals surface area (Å²) in [6.45, 7) is 5.39. The van der Waals surface area contributed by atoms with Crippen molar-refractivity contribution in [1.29, 1.82) is 0 Å². The Balaban J connectivity index is 0.00000341. The molecule has 0 fully saturated rings. The number of aliphatic imine (C=N–C) groups is 1. The number of methoxy groups -OCH3 is 2. The van der Waals surface area contributed by atoms with Crippen LogP contribution in [0.5, 0.6) is 11.5 Å². The van der Waals surface area contributed by atoms with E-state index in [1.54, 1.807) is 14.2 Å². The molecule has 1 aliphatic rings. The molecular weight excluding hydrogens is 507 g/mol. The molecule has 0 atom stereocenters. The van der Waals surface area contributed by atoms with Crippen LogP contribution in [0, 0.1) is 0 Å². The maximum absolute atomic E-state index is 5.38. The Morgan fingerprint density at radius 1 is 1.06 bits per heavy atom. The molecule has 2 N–H and O–H groups in total. The third kappa shape index (κ3) is 7.26. The molecule has 0 aliphatic carbocycles. The summed E-state index contributed by atoms with van der Waals surface area (Å²) < 4.78 is 13.0. The van der Waals surface area contributed by atoms with E-state index in [1.807, 2.05) is 12.1 Å². The van der Waals surface area contributed by atoms with E-state index in [0.29, 0.717) is 6.54 Å². The predicted molar refractivity (Wildman–Crippen MR) is 134 cm³/mol. The summed E-state index contributed by atoms with van der Waals surface area (Å²) in [4.78, 5) is 4.72. The molecule has 1 aliphatic heterocycles. The van der Waals surface area contributed by atoms with Crippen LogP contribution in [0.4, 0.5) is 0 Å². The molecule has 2 heterocycles. The number of nitrogens with zero attached hydrogens (tertiary/aromatic N) is 4. The van der Waals surface area contributed by atoms with Crippen molar-refractivity contribution in [2.75, 3.05) is 33.9 Å². The second-order valence-corrected chi connectivity index (χ2v) is 7.37. The third-order valence-corrected chi connectivity index (χ3v) is 5.29. The molecule has 31 heavy (non-hydrogen) atoms. The molecule has 1 aromatic carbocycles. The lowest BCUT2D eigenvalue weighted by molar-refractivity contribution is 0.354. The Kier molecular flexibility index (Phi) is 10.9. The number of halogens is 1. The van der Waals surface area contributed by atoms with E-state index >= 15 is 0 Å². The average molecular weight is 542 g/mol. The van der Waals surface area contributed by atoms with Crippen LogP contribution in [-0.2, 0) is 25.8 Å². The molecule has 0 radical (unpaired) electrons. The van der Waals surface area contributed by atoms with Gasteiger partial charge in [-0.25, -0.2) is 0 Å². The van der Waals surface area contributed by atoms with Gasteiger partial charge in [0.15, 0.2) is 17.5 Å². The highest BCUT2D eigenvalue weighted by Gasteiger charge is 2.14.